The van der Waals surface area contributed by atoms with Gasteiger partial charge < -0.3 is 25.4 Å². The van der Waals surface area contributed by atoms with Gasteiger partial charge in [-0.15, -0.1) is 0 Å². The van der Waals surface area contributed by atoms with Crippen LogP contribution < -0.4 is 15.6 Å². The summed E-state index contributed by atoms with van der Waals surface area (Å²) >= 11 is 0. The van der Waals surface area contributed by atoms with Crippen molar-refractivity contribution >= 4 is 44.2 Å². The summed E-state index contributed by atoms with van der Waals surface area (Å²) < 4.78 is 6.68. The van der Waals surface area contributed by atoms with E-state index in [1.165, 1.54) is 6.42 Å². The zero-order valence-corrected chi connectivity index (χ0v) is 24.3. The van der Waals surface area contributed by atoms with Crippen LogP contribution >= 0.6 is 0 Å². The van der Waals surface area contributed by atoms with Crippen molar-refractivity contribution in [2.45, 2.75) is 44.9 Å². The minimum Gasteiger partial charge on any atom is -0.497 e. The molecule has 4 N–H and O–H groups in total. The molecule has 1 aliphatic rings. The zero-order chi connectivity index (χ0) is 30.7. The van der Waals surface area contributed by atoms with Gasteiger partial charge in [-0.1, -0.05) is 56.7 Å². The lowest BCUT2D eigenvalue weighted by atomic mass is 9.98. The topological polar surface area (TPSA) is 133 Å². The van der Waals surface area contributed by atoms with Gasteiger partial charge in [0.25, 0.3) is 5.56 Å². The maximum absolute atomic E-state index is 13.0. The fourth-order valence-corrected chi connectivity index (χ4v) is 5.48. The summed E-state index contributed by atoms with van der Waals surface area (Å²) in [5.41, 5.74) is 3.17. The van der Waals surface area contributed by atoms with Crippen molar-refractivity contribution in [3.63, 3.8) is 0 Å². The molecule has 43 heavy (non-hydrogen) atoms. The van der Waals surface area contributed by atoms with E-state index in [4.69, 9.17) is 4.74 Å². The fraction of sp³-hybridized carbons (Fsp3) is 0.265. The van der Waals surface area contributed by atoms with Gasteiger partial charge in [0.2, 0.25) is 0 Å². The average molecular weight is 582 g/mol. The molecule has 3 atom stereocenters. The summed E-state index contributed by atoms with van der Waals surface area (Å²) in [5, 5.41) is 34.1. The molecule has 9 heteroatoms. The molecule has 222 valence electrons. The van der Waals surface area contributed by atoms with Crippen LogP contribution in [0.5, 0.6) is 5.75 Å². The SMILES string of the molecule is CCC.COc1ccc(C[C@@H]2NC[C@@H](O)[C@@H]2O)cc1.O=C(O)c1ccc2c3c1cccc3c(=O)n1c3ccccc3nc21. The highest BCUT2D eigenvalue weighted by atomic mass is 16.5. The molecule has 0 aliphatic carbocycles. The van der Waals surface area contributed by atoms with Crippen LogP contribution in [-0.2, 0) is 6.42 Å². The standard InChI is InChI=1S/C19H10N2O3.C12H17NO3.C3H8/c22-18-13-5-3-4-10-11(19(23)24)8-9-12(16(10)13)17-20-14-6-1-2-7-15(14)21(17)18;1-16-9-4-2-8(3-5-9)6-10-12(15)11(14)7-13-10;1-3-2/h1-9H,(H,23,24);2-5,10-15H,6-7H2,1H3;3H2,1-2H3/t;10-,11+,12+;/m.0./s1. The van der Waals surface area contributed by atoms with Crippen LogP contribution in [0.25, 0.3) is 38.2 Å². The van der Waals surface area contributed by atoms with Crippen LogP contribution in [0.2, 0.25) is 0 Å². The first-order valence-electron chi connectivity index (χ1n) is 14.3. The Morgan fingerprint density at radius 2 is 1.65 bits per heavy atom. The van der Waals surface area contributed by atoms with Crippen molar-refractivity contribution in [3.05, 3.63) is 100 Å². The van der Waals surface area contributed by atoms with E-state index >= 15 is 0 Å². The van der Waals surface area contributed by atoms with Crippen molar-refractivity contribution in [2.75, 3.05) is 13.7 Å². The van der Waals surface area contributed by atoms with Crippen molar-refractivity contribution in [3.8, 4) is 5.75 Å². The van der Waals surface area contributed by atoms with Crippen molar-refractivity contribution < 1.29 is 24.9 Å². The van der Waals surface area contributed by atoms with Gasteiger partial charge in [-0.3, -0.25) is 9.20 Å². The number of carboxylic acid groups (broad SMARTS) is 1. The van der Waals surface area contributed by atoms with Crippen LogP contribution in [0.15, 0.2) is 83.7 Å². The second kappa shape index (κ2) is 12.7. The third-order valence-corrected chi connectivity index (χ3v) is 7.52. The number of hydrogen-bond donors (Lipinski definition) is 4. The van der Waals surface area contributed by atoms with Crippen LogP contribution in [0.4, 0.5) is 0 Å². The van der Waals surface area contributed by atoms with Gasteiger partial charge >= 0.3 is 5.97 Å². The largest absolute Gasteiger partial charge is 0.497 e. The Kier molecular flexibility index (Phi) is 8.86. The Balaban J connectivity index is 0.000000169. The van der Waals surface area contributed by atoms with Gasteiger partial charge in [0, 0.05) is 28.7 Å². The molecule has 4 aromatic carbocycles. The van der Waals surface area contributed by atoms with E-state index in [1.54, 1.807) is 41.8 Å². The molecule has 0 radical (unpaired) electrons. The van der Waals surface area contributed by atoms with E-state index in [0.29, 0.717) is 34.8 Å². The van der Waals surface area contributed by atoms with E-state index in [1.807, 2.05) is 48.5 Å². The predicted molar refractivity (Wildman–Crippen MR) is 169 cm³/mol. The molecular weight excluding hydrogens is 546 g/mol. The summed E-state index contributed by atoms with van der Waals surface area (Å²) in [7, 11) is 1.63. The molecule has 0 unspecified atom stereocenters. The minimum absolute atomic E-state index is 0.0663. The first-order valence-corrected chi connectivity index (χ1v) is 14.3. The lowest BCUT2D eigenvalue weighted by Gasteiger charge is -2.16. The molecule has 0 spiro atoms. The smallest absolute Gasteiger partial charge is 0.336 e. The highest BCUT2D eigenvalue weighted by Crippen LogP contribution is 2.31. The molecule has 1 fully saturated rings. The van der Waals surface area contributed by atoms with Gasteiger partial charge in [-0.25, -0.2) is 9.78 Å². The van der Waals surface area contributed by atoms with Gasteiger partial charge in [0.05, 0.1) is 35.9 Å². The summed E-state index contributed by atoms with van der Waals surface area (Å²) in [6, 6.07) is 23.6. The molecule has 6 aromatic rings. The maximum atomic E-state index is 13.0. The highest BCUT2D eigenvalue weighted by Gasteiger charge is 2.32. The molecule has 1 saturated heterocycles. The van der Waals surface area contributed by atoms with E-state index in [2.05, 4.69) is 24.1 Å². The lowest BCUT2D eigenvalue weighted by molar-refractivity contribution is 0.0408. The van der Waals surface area contributed by atoms with Gasteiger partial charge in [-0.2, -0.15) is 0 Å². The first-order chi connectivity index (χ1) is 20.8. The predicted octanol–water partition coefficient (Wildman–Crippen LogP) is 4.64. The number of carboxylic acids is 1. The number of aliphatic hydroxyl groups excluding tert-OH is 2. The van der Waals surface area contributed by atoms with Crippen LogP contribution in [-0.4, -0.2) is 62.6 Å². The second-order valence-corrected chi connectivity index (χ2v) is 10.6. The number of pyridine rings is 1. The fourth-order valence-electron chi connectivity index (χ4n) is 5.48. The van der Waals surface area contributed by atoms with Crippen molar-refractivity contribution in [2.24, 2.45) is 0 Å². The molecule has 1 aliphatic heterocycles. The second-order valence-electron chi connectivity index (χ2n) is 10.6. The number of aromatic nitrogens is 2. The molecule has 0 amide bonds. The Morgan fingerprint density at radius 3 is 2.30 bits per heavy atom. The van der Waals surface area contributed by atoms with Crippen LogP contribution in [0.1, 0.15) is 36.2 Å². The molecule has 0 bridgehead atoms. The molecule has 2 aromatic heterocycles. The number of β-amino-alcohol motifs (C(OH)–C–C–N with tert-alkyl or cyclic N) is 1. The number of para-hydroxylation sites is 2. The van der Waals surface area contributed by atoms with Gasteiger partial charge in [0.15, 0.2) is 0 Å². The number of methoxy groups -OCH3 is 1. The molecule has 7 rings (SSSR count). The molecule has 0 saturated carbocycles. The first kappa shape index (κ1) is 29.9. The van der Waals surface area contributed by atoms with Crippen molar-refractivity contribution in [1.82, 2.24) is 14.7 Å². The number of nitrogens with one attached hydrogen (secondary N) is 1. The number of aromatic carboxylic acids is 1. The normalized spacial score (nSPS) is 17.9. The number of ether oxygens (including phenoxy) is 1. The third-order valence-electron chi connectivity index (χ3n) is 7.52. The average Bonchev–Trinajstić information content (AvgIpc) is 3.56. The van der Waals surface area contributed by atoms with Crippen molar-refractivity contribution in [1.29, 1.82) is 0 Å². The monoisotopic (exact) mass is 581 g/mol. The summed E-state index contributed by atoms with van der Waals surface area (Å²) in [6.45, 7) is 4.71. The van der Waals surface area contributed by atoms with Crippen LogP contribution in [0.3, 0.4) is 0 Å². The number of carbonyl (C=O) groups is 1. The number of aliphatic hydroxyl groups is 2. The zero-order valence-electron chi connectivity index (χ0n) is 24.3. The summed E-state index contributed by atoms with van der Waals surface area (Å²) in [6.07, 6.45) is 0.632. The highest BCUT2D eigenvalue weighted by molar-refractivity contribution is 6.20. The number of benzene rings is 4. The summed E-state index contributed by atoms with van der Waals surface area (Å²) in [4.78, 5) is 29.1. The van der Waals surface area contributed by atoms with Gasteiger partial charge in [-0.05, 0) is 59.8 Å². The van der Waals surface area contributed by atoms with E-state index in [0.717, 1.165) is 27.7 Å². The molecule has 9 nitrogen and oxygen atoms in total. The van der Waals surface area contributed by atoms with Crippen LogP contribution in [0, 0.1) is 0 Å². The summed E-state index contributed by atoms with van der Waals surface area (Å²) in [5.74, 6) is -0.186. The maximum Gasteiger partial charge on any atom is 0.336 e. The molecular formula is C34H35N3O6. The minimum atomic E-state index is -1.01. The van der Waals surface area contributed by atoms with Gasteiger partial charge in [0.1, 0.15) is 11.4 Å². The van der Waals surface area contributed by atoms with E-state index in [-0.39, 0.29) is 17.2 Å². The quantitative estimate of drug-likeness (QED) is 0.237. The van der Waals surface area contributed by atoms with E-state index < -0.39 is 18.2 Å². The number of imidazole rings is 1. The number of fused-ring (bicyclic) bond motifs is 4. The van der Waals surface area contributed by atoms with E-state index in [9.17, 15) is 24.9 Å². The Morgan fingerprint density at radius 1 is 0.953 bits per heavy atom. The Labute approximate surface area is 248 Å². The number of nitrogens with zero attached hydrogens (tertiary/aromatic N) is 2. The third kappa shape index (κ3) is 5.75. The number of hydrogen-bond acceptors (Lipinski definition) is 7. The Bertz CT molecular complexity index is 1940. The lowest BCUT2D eigenvalue weighted by Crippen LogP contribution is -2.34. The number of rotatable bonds is 4. The Hall–Kier alpha value is -4.57. The molecule has 3 heterocycles.